The number of hydrogen-bond acceptors (Lipinski definition) is 5. The van der Waals surface area contributed by atoms with Gasteiger partial charge in [0.15, 0.2) is 0 Å². The summed E-state index contributed by atoms with van der Waals surface area (Å²) in [6.45, 7) is 5.23. The van der Waals surface area contributed by atoms with Crippen LogP contribution in [0.1, 0.15) is 23.4 Å². The summed E-state index contributed by atoms with van der Waals surface area (Å²) in [5.41, 5.74) is 1.89. The molecular weight excluding hydrogens is 270 g/mol. The van der Waals surface area contributed by atoms with E-state index in [1.165, 1.54) is 0 Å². The molecule has 6 nitrogen and oxygen atoms in total. The monoisotopic (exact) mass is 295 g/mol. The van der Waals surface area contributed by atoms with Gasteiger partial charge in [-0.05, 0) is 34.4 Å². The Morgan fingerprint density at radius 2 is 2.14 bits per heavy atom. The molecule has 2 rings (SSSR count). The van der Waals surface area contributed by atoms with Crippen molar-refractivity contribution in [1.82, 2.24) is 15.0 Å². The third-order valence-corrected chi connectivity index (χ3v) is 4.43. The van der Waals surface area contributed by atoms with Gasteiger partial charge >= 0.3 is 0 Å². The van der Waals surface area contributed by atoms with Crippen LogP contribution in [0.3, 0.4) is 0 Å². The molecule has 0 saturated carbocycles. The van der Waals surface area contributed by atoms with Gasteiger partial charge in [-0.25, -0.2) is 0 Å². The van der Waals surface area contributed by atoms with Crippen molar-refractivity contribution in [2.45, 2.75) is 32.7 Å². The fraction of sp³-hybridized carbons (Fsp3) is 0.733. The van der Waals surface area contributed by atoms with Crippen LogP contribution in [0.15, 0.2) is 4.52 Å². The Morgan fingerprint density at radius 1 is 1.43 bits per heavy atom. The van der Waals surface area contributed by atoms with Crippen molar-refractivity contribution in [1.29, 1.82) is 0 Å². The molecule has 1 fully saturated rings. The number of aryl methyl sites for hydroxylation is 2. The van der Waals surface area contributed by atoms with Crippen LogP contribution in [-0.4, -0.2) is 65.8 Å². The first-order chi connectivity index (χ1) is 9.93. The van der Waals surface area contributed by atoms with Gasteiger partial charge in [0.2, 0.25) is 5.91 Å². The van der Waals surface area contributed by atoms with E-state index in [1.54, 1.807) is 0 Å². The van der Waals surface area contributed by atoms with Crippen LogP contribution in [0.2, 0.25) is 0 Å². The number of likely N-dealkylation sites (N-methyl/N-ethyl adjacent to an activating group) is 1. The minimum Gasteiger partial charge on any atom is -0.396 e. The molecule has 1 amide bonds. The Kier molecular flexibility index (Phi) is 5.00. The molecule has 6 heteroatoms. The maximum absolute atomic E-state index is 12.4. The van der Waals surface area contributed by atoms with Crippen LogP contribution in [-0.2, 0) is 11.2 Å². The number of aromatic nitrogens is 1. The van der Waals surface area contributed by atoms with E-state index >= 15 is 0 Å². The quantitative estimate of drug-likeness (QED) is 0.861. The maximum Gasteiger partial charge on any atom is 0.222 e. The molecular formula is C15H25N3O3. The third-order valence-electron chi connectivity index (χ3n) is 4.43. The predicted molar refractivity (Wildman–Crippen MR) is 78.9 cm³/mol. The average molecular weight is 295 g/mol. The normalized spacial score (nSPS) is 22.3. The average Bonchev–Trinajstić information content (AvgIpc) is 3.01. The van der Waals surface area contributed by atoms with Crippen LogP contribution in [0.5, 0.6) is 0 Å². The summed E-state index contributed by atoms with van der Waals surface area (Å²) in [6.07, 6.45) is 1.12. The third kappa shape index (κ3) is 3.44. The number of carbonyl (C=O) groups is 1. The van der Waals surface area contributed by atoms with Crippen LogP contribution in [0.25, 0.3) is 0 Å². The zero-order valence-corrected chi connectivity index (χ0v) is 13.3. The first-order valence-corrected chi connectivity index (χ1v) is 7.40. The van der Waals surface area contributed by atoms with Crippen molar-refractivity contribution < 1.29 is 14.4 Å². The molecule has 21 heavy (non-hydrogen) atoms. The van der Waals surface area contributed by atoms with E-state index in [0.717, 1.165) is 17.0 Å². The van der Waals surface area contributed by atoms with Gasteiger partial charge in [0, 0.05) is 43.6 Å². The maximum atomic E-state index is 12.4. The van der Waals surface area contributed by atoms with E-state index in [0.29, 0.717) is 25.9 Å². The van der Waals surface area contributed by atoms with Gasteiger partial charge in [0.1, 0.15) is 5.76 Å². The van der Waals surface area contributed by atoms with Crippen molar-refractivity contribution in [2.75, 3.05) is 33.8 Å². The second-order valence-corrected chi connectivity index (χ2v) is 6.08. The van der Waals surface area contributed by atoms with Crippen molar-refractivity contribution in [3.63, 3.8) is 0 Å². The lowest BCUT2D eigenvalue weighted by atomic mass is 10.0. The number of amides is 1. The number of aliphatic hydroxyl groups is 1. The summed E-state index contributed by atoms with van der Waals surface area (Å²) in [6, 6.07) is 0.234. The summed E-state index contributed by atoms with van der Waals surface area (Å²) in [4.78, 5) is 16.3. The van der Waals surface area contributed by atoms with Crippen LogP contribution >= 0.6 is 0 Å². The van der Waals surface area contributed by atoms with Gasteiger partial charge < -0.3 is 19.4 Å². The van der Waals surface area contributed by atoms with Gasteiger partial charge in [0.05, 0.1) is 5.69 Å². The van der Waals surface area contributed by atoms with Crippen molar-refractivity contribution in [3.8, 4) is 0 Å². The summed E-state index contributed by atoms with van der Waals surface area (Å²) < 4.78 is 5.12. The number of carbonyl (C=O) groups excluding carboxylic acids is 1. The first-order valence-electron chi connectivity index (χ1n) is 7.40. The van der Waals surface area contributed by atoms with Crippen LogP contribution in [0, 0.1) is 19.8 Å². The van der Waals surface area contributed by atoms with Gasteiger partial charge in [-0.2, -0.15) is 0 Å². The first kappa shape index (κ1) is 16.0. The van der Waals surface area contributed by atoms with E-state index in [1.807, 2.05) is 32.8 Å². The predicted octanol–water partition coefficient (Wildman–Crippen LogP) is 0.605. The van der Waals surface area contributed by atoms with Crippen LogP contribution < -0.4 is 0 Å². The standard InChI is InChI=1S/C15H25N3O3/c1-10-13(11(2)21-16-10)5-6-15(20)18-7-12(9-19)14(8-18)17(3)4/h12,14,19H,5-9H2,1-4H3/t12-,14+/m0/s1. The Balaban J connectivity index is 1.93. The Morgan fingerprint density at radius 3 is 2.62 bits per heavy atom. The molecule has 2 atom stereocenters. The molecule has 0 unspecified atom stereocenters. The minimum absolute atomic E-state index is 0.122. The molecule has 1 aliphatic rings. The summed E-state index contributed by atoms with van der Waals surface area (Å²) in [5.74, 6) is 1.07. The summed E-state index contributed by atoms with van der Waals surface area (Å²) in [7, 11) is 3.98. The highest BCUT2D eigenvalue weighted by Crippen LogP contribution is 2.22. The highest BCUT2D eigenvalue weighted by Gasteiger charge is 2.35. The molecule has 0 spiro atoms. The SMILES string of the molecule is Cc1noc(C)c1CCC(=O)N1C[C@@H](CO)[C@H](N(C)C)C1. The van der Waals surface area contributed by atoms with Crippen LogP contribution in [0.4, 0.5) is 0 Å². The Hall–Kier alpha value is -1.40. The number of rotatable bonds is 5. The van der Waals surface area contributed by atoms with E-state index in [-0.39, 0.29) is 24.5 Å². The van der Waals surface area contributed by atoms with E-state index < -0.39 is 0 Å². The van der Waals surface area contributed by atoms with Gasteiger partial charge in [0.25, 0.3) is 0 Å². The zero-order valence-electron chi connectivity index (χ0n) is 13.3. The zero-order chi connectivity index (χ0) is 15.6. The number of nitrogens with zero attached hydrogens (tertiary/aromatic N) is 3. The molecule has 2 heterocycles. The van der Waals surface area contributed by atoms with E-state index in [2.05, 4.69) is 10.1 Å². The molecule has 1 N–H and O–H groups in total. The molecule has 0 aliphatic carbocycles. The Labute approximate surface area is 125 Å². The second kappa shape index (κ2) is 6.58. The molecule has 118 valence electrons. The van der Waals surface area contributed by atoms with Gasteiger partial charge in [-0.3, -0.25) is 4.79 Å². The summed E-state index contributed by atoms with van der Waals surface area (Å²) in [5, 5.41) is 13.4. The molecule has 1 aromatic rings. The minimum atomic E-state index is 0.122. The number of likely N-dealkylation sites (tertiary alicyclic amines) is 1. The van der Waals surface area contributed by atoms with Crippen molar-refractivity contribution in [2.24, 2.45) is 5.92 Å². The fourth-order valence-corrected chi connectivity index (χ4v) is 3.07. The second-order valence-electron chi connectivity index (χ2n) is 6.08. The lowest BCUT2D eigenvalue weighted by molar-refractivity contribution is -0.130. The molecule has 1 aliphatic heterocycles. The van der Waals surface area contributed by atoms with Crippen molar-refractivity contribution in [3.05, 3.63) is 17.0 Å². The molecule has 0 radical (unpaired) electrons. The lowest BCUT2D eigenvalue weighted by Crippen LogP contribution is -2.37. The molecule has 1 saturated heterocycles. The van der Waals surface area contributed by atoms with Gasteiger partial charge in [-0.1, -0.05) is 5.16 Å². The smallest absolute Gasteiger partial charge is 0.222 e. The lowest BCUT2D eigenvalue weighted by Gasteiger charge is -2.23. The largest absolute Gasteiger partial charge is 0.396 e. The van der Waals surface area contributed by atoms with Gasteiger partial charge in [-0.15, -0.1) is 0 Å². The van der Waals surface area contributed by atoms with E-state index in [4.69, 9.17) is 4.52 Å². The molecule has 0 aromatic carbocycles. The van der Waals surface area contributed by atoms with Crippen molar-refractivity contribution >= 4 is 5.91 Å². The molecule has 1 aromatic heterocycles. The highest BCUT2D eigenvalue weighted by molar-refractivity contribution is 5.77. The Bertz CT molecular complexity index is 479. The van der Waals surface area contributed by atoms with E-state index in [9.17, 15) is 9.90 Å². The number of hydrogen-bond donors (Lipinski definition) is 1. The topological polar surface area (TPSA) is 69.8 Å². The highest BCUT2D eigenvalue weighted by atomic mass is 16.5. The molecule has 0 bridgehead atoms. The fourth-order valence-electron chi connectivity index (χ4n) is 3.07. The summed E-state index contributed by atoms with van der Waals surface area (Å²) >= 11 is 0. The number of aliphatic hydroxyl groups excluding tert-OH is 1.